The molecule has 0 aliphatic heterocycles. The largest absolute Gasteiger partial charge is 0.198 e. The van der Waals surface area contributed by atoms with Crippen LogP contribution in [0.2, 0.25) is 0 Å². The Labute approximate surface area is 64.6 Å². The fourth-order valence-electron chi connectivity index (χ4n) is 0.822. The maximum absolute atomic E-state index is 8.18. The first-order valence-electron chi connectivity index (χ1n) is 2.91. The molecule has 0 aromatic rings. The molecule has 1 rings (SSSR count). The summed E-state index contributed by atoms with van der Waals surface area (Å²) in [6.07, 6.45) is 2.28. The molecule has 1 unspecified atom stereocenters. The van der Waals surface area contributed by atoms with Gasteiger partial charge in [0.15, 0.2) is 0 Å². The molecule has 50 valence electrons. The lowest BCUT2D eigenvalue weighted by Gasteiger charge is -1.92. The van der Waals surface area contributed by atoms with Gasteiger partial charge in [-0.2, -0.15) is 5.26 Å². The number of hydrogen-bond acceptors (Lipinski definition) is 1. The van der Waals surface area contributed by atoms with Crippen LogP contribution >= 0.6 is 23.2 Å². The average molecular weight is 164 g/mol. The molecule has 1 fully saturated rings. The van der Waals surface area contributed by atoms with Crippen molar-refractivity contribution in [3.63, 3.8) is 0 Å². The van der Waals surface area contributed by atoms with E-state index in [1.54, 1.807) is 0 Å². The Morgan fingerprint density at radius 3 is 2.56 bits per heavy atom. The fourth-order valence-corrected chi connectivity index (χ4v) is 1.41. The van der Waals surface area contributed by atoms with Crippen molar-refractivity contribution in [1.29, 1.82) is 5.26 Å². The minimum absolute atomic E-state index is 0.375. The number of alkyl halides is 2. The van der Waals surface area contributed by atoms with Crippen LogP contribution in [0.25, 0.3) is 0 Å². The molecule has 1 saturated carbocycles. The van der Waals surface area contributed by atoms with Gasteiger partial charge >= 0.3 is 0 Å². The molecule has 0 bridgehead atoms. The van der Waals surface area contributed by atoms with Gasteiger partial charge in [0.1, 0.15) is 4.33 Å². The molecule has 1 aliphatic carbocycles. The number of rotatable bonds is 2. The lowest BCUT2D eigenvalue weighted by Crippen LogP contribution is -1.88. The molecule has 0 spiro atoms. The first-order valence-corrected chi connectivity index (χ1v) is 3.67. The van der Waals surface area contributed by atoms with Gasteiger partial charge in [0, 0.05) is 6.42 Å². The quantitative estimate of drug-likeness (QED) is 0.575. The minimum Gasteiger partial charge on any atom is -0.198 e. The van der Waals surface area contributed by atoms with Gasteiger partial charge < -0.3 is 0 Å². The first kappa shape index (κ1) is 7.18. The van der Waals surface area contributed by atoms with Gasteiger partial charge in [-0.05, 0) is 18.8 Å². The number of nitrogens with zero attached hydrogens (tertiary/aromatic N) is 1. The Morgan fingerprint density at radius 2 is 2.22 bits per heavy atom. The van der Waals surface area contributed by atoms with E-state index in [0.717, 1.165) is 12.8 Å². The van der Waals surface area contributed by atoms with E-state index in [0.29, 0.717) is 12.3 Å². The van der Waals surface area contributed by atoms with Crippen molar-refractivity contribution in [2.24, 2.45) is 5.92 Å². The summed E-state index contributed by atoms with van der Waals surface area (Å²) < 4.78 is -0.489. The Morgan fingerprint density at radius 1 is 1.67 bits per heavy atom. The predicted molar refractivity (Wildman–Crippen MR) is 37.4 cm³/mol. The summed E-state index contributed by atoms with van der Waals surface area (Å²) in [4.78, 5) is 0. The van der Waals surface area contributed by atoms with Crippen LogP contribution < -0.4 is 0 Å². The zero-order valence-electron chi connectivity index (χ0n) is 4.90. The Balaban J connectivity index is 2.14. The van der Waals surface area contributed by atoms with Crippen LogP contribution in [-0.2, 0) is 0 Å². The van der Waals surface area contributed by atoms with E-state index >= 15 is 0 Å². The third-order valence-corrected chi connectivity index (χ3v) is 2.49. The van der Waals surface area contributed by atoms with Crippen molar-refractivity contribution in [3.05, 3.63) is 0 Å². The van der Waals surface area contributed by atoms with Crippen molar-refractivity contribution < 1.29 is 0 Å². The molecule has 3 heteroatoms. The fraction of sp³-hybridized carbons (Fsp3) is 0.833. The SMILES string of the molecule is N#CCCC1CC1(Cl)Cl. The van der Waals surface area contributed by atoms with E-state index < -0.39 is 4.33 Å². The second-order valence-corrected chi connectivity index (χ2v) is 3.90. The van der Waals surface area contributed by atoms with E-state index in [1.807, 2.05) is 0 Å². The van der Waals surface area contributed by atoms with Gasteiger partial charge in [-0.25, -0.2) is 0 Å². The molecule has 0 saturated heterocycles. The van der Waals surface area contributed by atoms with Gasteiger partial charge in [-0.15, -0.1) is 23.2 Å². The summed E-state index contributed by atoms with van der Waals surface area (Å²) >= 11 is 11.4. The Kier molecular flexibility index (Phi) is 1.88. The highest BCUT2D eigenvalue weighted by Crippen LogP contribution is 2.55. The monoisotopic (exact) mass is 163 g/mol. The molecular formula is C6H7Cl2N. The van der Waals surface area contributed by atoms with Crippen molar-refractivity contribution in [2.45, 2.75) is 23.6 Å². The van der Waals surface area contributed by atoms with Gasteiger partial charge in [0.05, 0.1) is 6.07 Å². The summed E-state index contributed by atoms with van der Waals surface area (Å²) in [6.45, 7) is 0. The van der Waals surface area contributed by atoms with E-state index in [1.165, 1.54) is 0 Å². The lowest BCUT2D eigenvalue weighted by atomic mass is 10.2. The molecule has 0 heterocycles. The number of halogens is 2. The molecule has 9 heavy (non-hydrogen) atoms. The maximum Gasteiger partial charge on any atom is 0.121 e. The molecule has 1 nitrogen and oxygen atoms in total. The summed E-state index contributed by atoms with van der Waals surface area (Å²) in [5.41, 5.74) is 0. The normalized spacial score (nSPS) is 29.2. The summed E-state index contributed by atoms with van der Waals surface area (Å²) in [6, 6.07) is 2.06. The van der Waals surface area contributed by atoms with Crippen molar-refractivity contribution in [3.8, 4) is 6.07 Å². The van der Waals surface area contributed by atoms with Gasteiger partial charge in [0.25, 0.3) is 0 Å². The highest BCUT2D eigenvalue weighted by atomic mass is 35.5. The van der Waals surface area contributed by atoms with Crippen LogP contribution in [0.1, 0.15) is 19.3 Å². The molecule has 1 aliphatic rings. The topological polar surface area (TPSA) is 23.8 Å². The number of hydrogen-bond donors (Lipinski definition) is 0. The highest BCUT2D eigenvalue weighted by Gasteiger charge is 2.50. The zero-order valence-corrected chi connectivity index (χ0v) is 6.41. The summed E-state index contributed by atoms with van der Waals surface area (Å²) in [5, 5.41) is 8.18. The van der Waals surface area contributed by atoms with E-state index in [9.17, 15) is 0 Å². The molecule has 0 aromatic carbocycles. The minimum atomic E-state index is -0.489. The molecule has 1 atom stereocenters. The predicted octanol–water partition coefficient (Wildman–Crippen LogP) is 2.48. The van der Waals surface area contributed by atoms with Crippen molar-refractivity contribution in [1.82, 2.24) is 0 Å². The summed E-state index contributed by atoms with van der Waals surface area (Å²) in [5.74, 6) is 0.375. The lowest BCUT2D eigenvalue weighted by molar-refractivity contribution is 0.739. The molecular weight excluding hydrogens is 157 g/mol. The molecule has 0 N–H and O–H groups in total. The van der Waals surface area contributed by atoms with Crippen molar-refractivity contribution >= 4 is 23.2 Å². The third kappa shape index (κ3) is 1.74. The smallest absolute Gasteiger partial charge is 0.121 e. The molecule has 0 amide bonds. The van der Waals surface area contributed by atoms with Crippen molar-refractivity contribution in [2.75, 3.05) is 0 Å². The van der Waals surface area contributed by atoms with E-state index in [-0.39, 0.29) is 0 Å². The first-order chi connectivity index (χ1) is 4.17. The standard InChI is InChI=1S/C6H7Cl2N/c7-6(8)4-5(6)2-1-3-9/h5H,1-2,4H2. The average Bonchev–Trinajstić information content (AvgIpc) is 2.35. The second kappa shape index (κ2) is 2.36. The zero-order chi connectivity index (χ0) is 6.91. The molecule has 0 radical (unpaired) electrons. The van der Waals surface area contributed by atoms with Gasteiger partial charge in [0.2, 0.25) is 0 Å². The van der Waals surface area contributed by atoms with Gasteiger partial charge in [-0.1, -0.05) is 0 Å². The van der Waals surface area contributed by atoms with Gasteiger partial charge in [-0.3, -0.25) is 0 Å². The maximum atomic E-state index is 8.18. The van der Waals surface area contributed by atoms with Crippen LogP contribution in [0.5, 0.6) is 0 Å². The van der Waals surface area contributed by atoms with Crippen LogP contribution in [0, 0.1) is 17.2 Å². The van der Waals surface area contributed by atoms with Crippen LogP contribution in [0.4, 0.5) is 0 Å². The third-order valence-electron chi connectivity index (χ3n) is 1.56. The number of nitriles is 1. The Bertz CT molecular complexity index is 148. The van der Waals surface area contributed by atoms with E-state index in [2.05, 4.69) is 6.07 Å². The van der Waals surface area contributed by atoms with Crippen LogP contribution in [0.3, 0.4) is 0 Å². The second-order valence-electron chi connectivity index (χ2n) is 2.36. The van der Waals surface area contributed by atoms with E-state index in [4.69, 9.17) is 28.5 Å². The van der Waals surface area contributed by atoms with Crippen LogP contribution in [0.15, 0.2) is 0 Å². The van der Waals surface area contributed by atoms with Crippen LogP contribution in [-0.4, -0.2) is 4.33 Å². The highest BCUT2D eigenvalue weighted by molar-refractivity contribution is 6.50. The summed E-state index contributed by atoms with van der Waals surface area (Å²) in [7, 11) is 0. The Hall–Kier alpha value is 0.0700. The molecule has 0 aromatic heterocycles.